The standard InChI is InChI=1S/C19H18ClN3OS3/c1-13(15-5-3-2-4-6-15)21-17(24)12-26-19-23-22-18(27-19)25-11-14-7-9-16(20)10-8-14/h2-10,13H,11-12H2,1H3,(H,21,24). The molecule has 1 unspecified atom stereocenters. The van der Waals surface area contributed by atoms with Crippen LogP contribution in [0.25, 0.3) is 0 Å². The fourth-order valence-corrected chi connectivity index (χ4v) is 5.19. The Labute approximate surface area is 176 Å². The van der Waals surface area contributed by atoms with Gasteiger partial charge in [-0.3, -0.25) is 4.79 Å². The van der Waals surface area contributed by atoms with Gasteiger partial charge in [0, 0.05) is 10.8 Å². The number of hydrogen-bond acceptors (Lipinski definition) is 6. The number of carbonyl (C=O) groups is 1. The van der Waals surface area contributed by atoms with E-state index in [4.69, 9.17) is 11.6 Å². The molecule has 8 heteroatoms. The molecule has 2 aromatic carbocycles. The van der Waals surface area contributed by atoms with Gasteiger partial charge in [0.2, 0.25) is 5.91 Å². The maximum atomic E-state index is 12.2. The summed E-state index contributed by atoms with van der Waals surface area (Å²) in [6, 6.07) is 17.7. The molecule has 1 aromatic heterocycles. The van der Waals surface area contributed by atoms with Crippen molar-refractivity contribution >= 4 is 52.4 Å². The number of carbonyl (C=O) groups excluding carboxylic acids is 1. The van der Waals surface area contributed by atoms with Crippen LogP contribution >= 0.6 is 46.5 Å². The van der Waals surface area contributed by atoms with Gasteiger partial charge in [0.05, 0.1) is 11.8 Å². The zero-order valence-electron chi connectivity index (χ0n) is 14.6. The maximum absolute atomic E-state index is 12.2. The largest absolute Gasteiger partial charge is 0.349 e. The van der Waals surface area contributed by atoms with Gasteiger partial charge in [-0.05, 0) is 30.2 Å². The summed E-state index contributed by atoms with van der Waals surface area (Å²) in [4.78, 5) is 12.2. The molecule has 0 aliphatic heterocycles. The van der Waals surface area contributed by atoms with E-state index in [1.807, 2.05) is 61.5 Å². The molecule has 0 spiro atoms. The lowest BCUT2D eigenvalue weighted by atomic mass is 10.1. The second kappa shape index (κ2) is 10.1. The van der Waals surface area contributed by atoms with E-state index < -0.39 is 0 Å². The lowest BCUT2D eigenvalue weighted by Gasteiger charge is -2.13. The van der Waals surface area contributed by atoms with Gasteiger partial charge >= 0.3 is 0 Å². The average Bonchev–Trinajstić information content (AvgIpc) is 3.14. The zero-order valence-corrected chi connectivity index (χ0v) is 17.8. The molecule has 3 aromatic rings. The molecular formula is C19H18ClN3OS3. The van der Waals surface area contributed by atoms with Crippen molar-refractivity contribution in [1.29, 1.82) is 0 Å². The van der Waals surface area contributed by atoms with Crippen LogP contribution in [0.1, 0.15) is 24.1 Å². The van der Waals surface area contributed by atoms with E-state index in [2.05, 4.69) is 15.5 Å². The number of thioether (sulfide) groups is 2. The molecule has 1 N–H and O–H groups in total. The molecule has 0 saturated carbocycles. The first-order chi connectivity index (χ1) is 13.1. The summed E-state index contributed by atoms with van der Waals surface area (Å²) in [5, 5.41) is 12.1. The third-order valence-electron chi connectivity index (χ3n) is 3.67. The normalized spacial score (nSPS) is 11.9. The molecule has 0 aliphatic rings. The van der Waals surface area contributed by atoms with Crippen LogP contribution in [0.2, 0.25) is 5.02 Å². The average molecular weight is 436 g/mol. The fraction of sp³-hybridized carbons (Fsp3) is 0.211. The molecule has 1 amide bonds. The highest BCUT2D eigenvalue weighted by molar-refractivity contribution is 8.03. The minimum absolute atomic E-state index is 0.0121. The third-order valence-corrected chi connectivity index (χ3v) is 7.18. The Kier molecular flexibility index (Phi) is 7.58. The number of rotatable bonds is 8. The molecule has 4 nitrogen and oxygen atoms in total. The van der Waals surface area contributed by atoms with Gasteiger partial charge < -0.3 is 5.32 Å². The van der Waals surface area contributed by atoms with Gasteiger partial charge in [0.1, 0.15) is 0 Å². The van der Waals surface area contributed by atoms with Gasteiger partial charge in [-0.1, -0.05) is 88.9 Å². The molecule has 1 heterocycles. The number of nitrogens with one attached hydrogen (secondary N) is 1. The van der Waals surface area contributed by atoms with Gasteiger partial charge in [-0.15, -0.1) is 10.2 Å². The molecule has 0 saturated heterocycles. The topological polar surface area (TPSA) is 54.9 Å². The van der Waals surface area contributed by atoms with Crippen molar-refractivity contribution in [3.05, 3.63) is 70.7 Å². The summed E-state index contributed by atoms with van der Waals surface area (Å²) in [6.45, 7) is 1.98. The van der Waals surface area contributed by atoms with Crippen LogP contribution in [-0.2, 0) is 10.5 Å². The van der Waals surface area contributed by atoms with Crippen molar-refractivity contribution in [2.75, 3.05) is 5.75 Å². The Hall–Kier alpha value is -1.54. The molecule has 0 aliphatic carbocycles. The minimum atomic E-state index is -0.0146. The Morgan fingerprint density at radius 3 is 2.44 bits per heavy atom. The van der Waals surface area contributed by atoms with E-state index in [-0.39, 0.29) is 11.9 Å². The molecule has 0 bridgehead atoms. The summed E-state index contributed by atoms with van der Waals surface area (Å²) in [6.07, 6.45) is 0. The molecule has 140 valence electrons. The predicted octanol–water partition coefficient (Wildman–Crippen LogP) is 5.45. The van der Waals surface area contributed by atoms with Crippen molar-refractivity contribution in [3.8, 4) is 0 Å². The number of nitrogens with zero attached hydrogens (tertiary/aromatic N) is 2. The number of hydrogen-bond donors (Lipinski definition) is 1. The van der Waals surface area contributed by atoms with Gasteiger partial charge in [-0.25, -0.2) is 0 Å². The smallest absolute Gasteiger partial charge is 0.230 e. The van der Waals surface area contributed by atoms with Crippen LogP contribution in [0.3, 0.4) is 0 Å². The highest BCUT2D eigenvalue weighted by Crippen LogP contribution is 2.30. The maximum Gasteiger partial charge on any atom is 0.230 e. The number of aromatic nitrogens is 2. The van der Waals surface area contributed by atoms with Crippen LogP contribution in [0.5, 0.6) is 0 Å². The predicted molar refractivity (Wildman–Crippen MR) is 115 cm³/mol. The Balaban J connectivity index is 1.43. The first kappa shape index (κ1) is 20.2. The van der Waals surface area contributed by atoms with Crippen molar-refractivity contribution in [2.45, 2.75) is 27.4 Å². The van der Waals surface area contributed by atoms with E-state index in [9.17, 15) is 4.79 Å². The fourth-order valence-electron chi connectivity index (χ4n) is 2.28. The minimum Gasteiger partial charge on any atom is -0.349 e. The zero-order chi connectivity index (χ0) is 19.1. The van der Waals surface area contributed by atoms with Crippen molar-refractivity contribution in [2.24, 2.45) is 0 Å². The SMILES string of the molecule is CC(NC(=O)CSc1nnc(SCc2ccc(Cl)cc2)s1)c1ccccc1. The Bertz CT molecular complexity index is 871. The monoisotopic (exact) mass is 435 g/mol. The summed E-state index contributed by atoms with van der Waals surface area (Å²) >= 11 is 10.4. The number of halogens is 1. The van der Waals surface area contributed by atoms with E-state index in [0.29, 0.717) is 5.75 Å². The van der Waals surface area contributed by atoms with Gasteiger partial charge in [-0.2, -0.15) is 0 Å². The molecule has 1 atom stereocenters. The van der Waals surface area contributed by atoms with Crippen molar-refractivity contribution in [1.82, 2.24) is 15.5 Å². The van der Waals surface area contributed by atoms with Crippen molar-refractivity contribution in [3.63, 3.8) is 0 Å². The lowest BCUT2D eigenvalue weighted by molar-refractivity contribution is -0.119. The summed E-state index contributed by atoms with van der Waals surface area (Å²) < 4.78 is 1.70. The quantitative estimate of drug-likeness (QED) is 0.476. The molecule has 0 fully saturated rings. The van der Waals surface area contributed by atoms with Crippen LogP contribution in [-0.4, -0.2) is 21.9 Å². The number of amides is 1. The van der Waals surface area contributed by atoms with Crippen LogP contribution < -0.4 is 5.32 Å². The second-order valence-electron chi connectivity index (χ2n) is 5.74. The summed E-state index contributed by atoms with van der Waals surface area (Å²) in [5.74, 6) is 1.13. The first-order valence-electron chi connectivity index (χ1n) is 8.28. The van der Waals surface area contributed by atoms with E-state index >= 15 is 0 Å². The molecular weight excluding hydrogens is 418 g/mol. The van der Waals surface area contributed by atoms with Gasteiger partial charge in [0.25, 0.3) is 0 Å². The van der Waals surface area contributed by atoms with Crippen LogP contribution in [0.15, 0.2) is 63.3 Å². The summed E-state index contributed by atoms with van der Waals surface area (Å²) in [5.41, 5.74) is 2.27. The Morgan fingerprint density at radius 2 is 1.74 bits per heavy atom. The lowest BCUT2D eigenvalue weighted by Crippen LogP contribution is -2.28. The highest BCUT2D eigenvalue weighted by atomic mass is 35.5. The highest BCUT2D eigenvalue weighted by Gasteiger charge is 2.12. The van der Waals surface area contributed by atoms with E-state index in [0.717, 1.165) is 25.0 Å². The number of benzene rings is 2. The van der Waals surface area contributed by atoms with E-state index in [1.165, 1.54) is 28.7 Å². The summed E-state index contributed by atoms with van der Waals surface area (Å²) in [7, 11) is 0. The molecule has 0 radical (unpaired) electrons. The van der Waals surface area contributed by atoms with Crippen LogP contribution in [0, 0.1) is 0 Å². The first-order valence-corrected chi connectivity index (χ1v) is 11.4. The van der Waals surface area contributed by atoms with Gasteiger partial charge in [0.15, 0.2) is 8.68 Å². The molecule has 27 heavy (non-hydrogen) atoms. The second-order valence-corrected chi connectivity index (χ2v) is 9.60. The Morgan fingerprint density at radius 1 is 1.07 bits per heavy atom. The third kappa shape index (κ3) is 6.53. The van der Waals surface area contributed by atoms with Crippen LogP contribution in [0.4, 0.5) is 0 Å². The van der Waals surface area contributed by atoms with E-state index in [1.54, 1.807) is 11.8 Å². The molecule has 3 rings (SSSR count). The van der Waals surface area contributed by atoms with Crippen molar-refractivity contribution < 1.29 is 4.79 Å².